The maximum absolute atomic E-state index is 13.3. The van der Waals surface area contributed by atoms with Gasteiger partial charge in [0.15, 0.2) is 6.61 Å². The van der Waals surface area contributed by atoms with Gasteiger partial charge in [-0.3, -0.25) is 4.79 Å². The molecule has 0 spiro atoms. The average Bonchev–Trinajstić information content (AvgIpc) is 2.96. The molecule has 0 aliphatic carbocycles. The zero-order valence-electron chi connectivity index (χ0n) is 13.6. The fourth-order valence-corrected chi connectivity index (χ4v) is 3.84. The Hall–Kier alpha value is -2.44. The number of carbonyl (C=O) groups is 2. The Morgan fingerprint density at radius 1 is 1.15 bits per heavy atom. The van der Waals surface area contributed by atoms with Crippen LogP contribution in [0.15, 0.2) is 48.5 Å². The molecule has 0 radical (unpaired) electrons. The van der Waals surface area contributed by atoms with E-state index in [4.69, 9.17) is 16.3 Å². The number of hydrogen-bond donors (Lipinski definition) is 1. The number of rotatable bonds is 6. The Bertz CT molecular complexity index is 943. The highest BCUT2D eigenvalue weighted by Gasteiger charge is 2.19. The summed E-state index contributed by atoms with van der Waals surface area (Å²) in [5.74, 6) is -1.50. The van der Waals surface area contributed by atoms with Crippen molar-refractivity contribution in [2.75, 3.05) is 13.2 Å². The highest BCUT2D eigenvalue weighted by atomic mass is 35.5. The predicted molar refractivity (Wildman–Crippen MR) is 100 cm³/mol. The molecule has 0 aliphatic heterocycles. The molecule has 26 heavy (non-hydrogen) atoms. The molecule has 0 atom stereocenters. The molecule has 0 unspecified atom stereocenters. The second kappa shape index (κ2) is 8.29. The molecule has 3 rings (SSSR count). The Kier molecular flexibility index (Phi) is 5.85. The van der Waals surface area contributed by atoms with Crippen molar-refractivity contribution in [3.8, 4) is 0 Å². The third kappa shape index (κ3) is 4.39. The maximum Gasteiger partial charge on any atom is 0.350 e. The minimum atomic E-state index is -0.699. The summed E-state index contributed by atoms with van der Waals surface area (Å²) in [7, 11) is 0. The quantitative estimate of drug-likeness (QED) is 0.640. The van der Waals surface area contributed by atoms with Crippen molar-refractivity contribution in [3.63, 3.8) is 0 Å². The fourth-order valence-electron chi connectivity index (χ4n) is 2.41. The Balaban J connectivity index is 1.52. The van der Waals surface area contributed by atoms with Gasteiger partial charge >= 0.3 is 5.97 Å². The first-order valence-electron chi connectivity index (χ1n) is 7.90. The number of benzene rings is 2. The third-order valence-electron chi connectivity index (χ3n) is 3.69. The number of hydrogen-bond acceptors (Lipinski definition) is 4. The molecule has 0 saturated carbocycles. The number of halogens is 2. The molecular weight excluding hydrogens is 377 g/mol. The Morgan fingerprint density at radius 3 is 2.69 bits per heavy atom. The zero-order valence-corrected chi connectivity index (χ0v) is 15.2. The van der Waals surface area contributed by atoms with Crippen LogP contribution in [0.4, 0.5) is 4.39 Å². The van der Waals surface area contributed by atoms with Crippen molar-refractivity contribution in [2.45, 2.75) is 6.42 Å². The molecule has 2 aromatic carbocycles. The summed E-state index contributed by atoms with van der Waals surface area (Å²) in [5, 5.41) is 3.48. The van der Waals surface area contributed by atoms with Crippen molar-refractivity contribution in [1.29, 1.82) is 0 Å². The lowest BCUT2D eigenvalue weighted by Gasteiger charge is -2.06. The summed E-state index contributed by atoms with van der Waals surface area (Å²) in [6.07, 6.45) is 0.689. The number of carbonyl (C=O) groups excluding carboxylic acids is 2. The van der Waals surface area contributed by atoms with E-state index in [1.807, 2.05) is 30.3 Å². The topological polar surface area (TPSA) is 55.4 Å². The Labute approximate surface area is 158 Å². The lowest BCUT2D eigenvalue weighted by atomic mass is 10.1. The Morgan fingerprint density at radius 2 is 1.92 bits per heavy atom. The molecule has 0 saturated heterocycles. The lowest BCUT2D eigenvalue weighted by molar-refractivity contribution is -0.124. The molecule has 0 fully saturated rings. The number of thiophene rings is 1. The number of fused-ring (bicyclic) bond motifs is 1. The fraction of sp³-hybridized carbons (Fsp3) is 0.158. The maximum atomic E-state index is 13.3. The third-order valence-corrected chi connectivity index (χ3v) is 5.33. The van der Waals surface area contributed by atoms with Crippen molar-refractivity contribution in [1.82, 2.24) is 5.32 Å². The van der Waals surface area contributed by atoms with Gasteiger partial charge in [-0.2, -0.15) is 0 Å². The van der Waals surface area contributed by atoms with Gasteiger partial charge in [-0.1, -0.05) is 41.9 Å². The highest BCUT2D eigenvalue weighted by Crippen LogP contribution is 2.36. The average molecular weight is 392 g/mol. The molecule has 134 valence electrons. The van der Waals surface area contributed by atoms with Gasteiger partial charge in [0, 0.05) is 16.6 Å². The second-order valence-electron chi connectivity index (χ2n) is 5.55. The van der Waals surface area contributed by atoms with Crippen molar-refractivity contribution in [2.24, 2.45) is 0 Å². The van der Waals surface area contributed by atoms with Gasteiger partial charge in [0.2, 0.25) is 0 Å². The van der Waals surface area contributed by atoms with Crippen LogP contribution in [0.3, 0.4) is 0 Å². The zero-order chi connectivity index (χ0) is 18.5. The van der Waals surface area contributed by atoms with Crippen LogP contribution in [-0.2, 0) is 16.0 Å². The summed E-state index contributed by atoms with van der Waals surface area (Å²) < 4.78 is 18.8. The van der Waals surface area contributed by atoms with Crippen LogP contribution in [0, 0.1) is 5.82 Å². The molecule has 1 N–H and O–H groups in total. The van der Waals surface area contributed by atoms with E-state index in [1.54, 1.807) is 0 Å². The minimum absolute atomic E-state index is 0.157. The predicted octanol–water partition coefficient (Wildman–Crippen LogP) is 4.21. The molecule has 4 nitrogen and oxygen atoms in total. The summed E-state index contributed by atoms with van der Waals surface area (Å²) >= 11 is 7.19. The number of amides is 1. The van der Waals surface area contributed by atoms with Crippen molar-refractivity contribution in [3.05, 3.63) is 69.8 Å². The van der Waals surface area contributed by atoms with Crippen molar-refractivity contribution < 1.29 is 18.7 Å². The van der Waals surface area contributed by atoms with Gasteiger partial charge in [-0.05, 0) is 30.2 Å². The standard InChI is InChI=1S/C19H15ClFNO3S/c20-17-14-7-6-13(21)10-15(14)26-18(17)19(24)25-11-16(23)22-9-8-12-4-2-1-3-5-12/h1-7,10H,8-9,11H2,(H,22,23). The van der Waals surface area contributed by atoms with Crippen LogP contribution in [0.5, 0.6) is 0 Å². The molecule has 3 aromatic rings. The van der Waals surface area contributed by atoms with E-state index in [2.05, 4.69) is 5.32 Å². The summed E-state index contributed by atoms with van der Waals surface area (Å²) in [6, 6.07) is 13.8. The summed E-state index contributed by atoms with van der Waals surface area (Å²) in [5.41, 5.74) is 1.11. The number of nitrogens with one attached hydrogen (secondary N) is 1. The van der Waals surface area contributed by atoms with E-state index < -0.39 is 24.3 Å². The van der Waals surface area contributed by atoms with Crippen LogP contribution in [0.1, 0.15) is 15.2 Å². The monoisotopic (exact) mass is 391 g/mol. The summed E-state index contributed by atoms with van der Waals surface area (Å²) in [6.45, 7) is 0.0515. The van der Waals surface area contributed by atoms with Crippen LogP contribution >= 0.6 is 22.9 Å². The normalized spacial score (nSPS) is 10.7. The van der Waals surface area contributed by atoms with E-state index >= 15 is 0 Å². The minimum Gasteiger partial charge on any atom is -0.451 e. The number of ether oxygens (including phenoxy) is 1. The van der Waals surface area contributed by atoms with Gasteiger partial charge in [-0.15, -0.1) is 11.3 Å². The number of esters is 1. The van der Waals surface area contributed by atoms with E-state index in [-0.39, 0.29) is 9.90 Å². The van der Waals surface area contributed by atoms with E-state index in [1.165, 1.54) is 18.2 Å². The molecule has 1 amide bonds. The van der Waals surface area contributed by atoms with E-state index in [9.17, 15) is 14.0 Å². The molecule has 7 heteroatoms. The van der Waals surface area contributed by atoms with Gasteiger partial charge in [0.25, 0.3) is 5.91 Å². The lowest BCUT2D eigenvalue weighted by Crippen LogP contribution is -2.30. The van der Waals surface area contributed by atoms with Gasteiger partial charge in [-0.25, -0.2) is 9.18 Å². The molecule has 0 aliphatic rings. The van der Waals surface area contributed by atoms with Crippen molar-refractivity contribution >= 4 is 44.9 Å². The van der Waals surface area contributed by atoms with E-state index in [0.717, 1.165) is 16.9 Å². The van der Waals surface area contributed by atoms with Crippen LogP contribution in [0.2, 0.25) is 5.02 Å². The highest BCUT2D eigenvalue weighted by molar-refractivity contribution is 7.21. The first-order chi connectivity index (χ1) is 12.5. The van der Waals surface area contributed by atoms with Crippen LogP contribution < -0.4 is 5.32 Å². The first-order valence-corrected chi connectivity index (χ1v) is 9.09. The molecule has 1 heterocycles. The summed E-state index contributed by atoms with van der Waals surface area (Å²) in [4.78, 5) is 24.1. The van der Waals surface area contributed by atoms with E-state index in [0.29, 0.717) is 23.1 Å². The van der Waals surface area contributed by atoms with Gasteiger partial charge < -0.3 is 10.1 Å². The molecule has 1 aromatic heterocycles. The van der Waals surface area contributed by atoms with Crippen LogP contribution in [0.25, 0.3) is 10.1 Å². The van der Waals surface area contributed by atoms with Gasteiger partial charge in [0.05, 0.1) is 5.02 Å². The SMILES string of the molecule is O=C(COC(=O)c1sc2cc(F)ccc2c1Cl)NCCc1ccccc1. The van der Waals surface area contributed by atoms with Crippen LogP contribution in [-0.4, -0.2) is 25.0 Å². The molecule has 0 bridgehead atoms. The first kappa shape index (κ1) is 18.4. The largest absolute Gasteiger partial charge is 0.451 e. The smallest absolute Gasteiger partial charge is 0.350 e. The second-order valence-corrected chi connectivity index (χ2v) is 6.98. The molecular formula is C19H15ClFNO3S. The van der Waals surface area contributed by atoms with Gasteiger partial charge in [0.1, 0.15) is 10.7 Å².